The van der Waals surface area contributed by atoms with Gasteiger partial charge in [-0.2, -0.15) is 0 Å². The highest BCUT2D eigenvalue weighted by Gasteiger charge is 2.13. The van der Waals surface area contributed by atoms with Gasteiger partial charge in [0.25, 0.3) is 5.91 Å². The molecule has 2 aromatic carbocycles. The van der Waals surface area contributed by atoms with E-state index in [0.29, 0.717) is 22.4 Å². The molecule has 0 unspecified atom stereocenters. The summed E-state index contributed by atoms with van der Waals surface area (Å²) in [5.74, 6) is 1.50. The fraction of sp³-hybridized carbons (Fsp3) is 0.217. The number of nitrogens with zero attached hydrogens (tertiary/aromatic N) is 1. The number of ether oxygens (including phenoxy) is 2. The zero-order valence-corrected chi connectivity index (χ0v) is 17.2. The summed E-state index contributed by atoms with van der Waals surface area (Å²) in [7, 11) is 0. The normalized spacial score (nSPS) is 10.4. The molecule has 1 aromatic heterocycles. The number of halogens is 1. The molecule has 3 rings (SSSR count). The number of nitrogens with one attached hydrogen (secondary N) is 1. The number of hydrogen-bond donors (Lipinski definition) is 1. The van der Waals surface area contributed by atoms with Gasteiger partial charge in [-0.3, -0.25) is 4.79 Å². The molecule has 29 heavy (non-hydrogen) atoms. The van der Waals surface area contributed by atoms with Gasteiger partial charge >= 0.3 is 0 Å². The van der Waals surface area contributed by atoms with Crippen molar-refractivity contribution in [1.29, 1.82) is 0 Å². The van der Waals surface area contributed by atoms with Gasteiger partial charge in [0, 0.05) is 23.0 Å². The van der Waals surface area contributed by atoms with Crippen LogP contribution in [0.2, 0.25) is 5.02 Å². The van der Waals surface area contributed by atoms with Crippen LogP contribution in [-0.4, -0.2) is 17.5 Å². The fourth-order valence-corrected chi connectivity index (χ4v) is 3.21. The molecule has 0 radical (unpaired) electrons. The van der Waals surface area contributed by atoms with Crippen molar-refractivity contribution in [3.8, 4) is 17.4 Å². The monoisotopic (exact) mass is 410 g/mol. The van der Waals surface area contributed by atoms with Crippen molar-refractivity contribution in [3.63, 3.8) is 0 Å². The summed E-state index contributed by atoms with van der Waals surface area (Å²) in [4.78, 5) is 16.5. The molecule has 1 heterocycles. The van der Waals surface area contributed by atoms with E-state index in [4.69, 9.17) is 21.1 Å². The summed E-state index contributed by atoms with van der Waals surface area (Å²) >= 11 is 6.29. The number of aromatic nitrogens is 1. The van der Waals surface area contributed by atoms with Crippen molar-refractivity contribution in [1.82, 2.24) is 4.98 Å². The zero-order valence-electron chi connectivity index (χ0n) is 16.4. The molecule has 0 aliphatic rings. The van der Waals surface area contributed by atoms with Crippen molar-refractivity contribution in [3.05, 3.63) is 76.9 Å². The topological polar surface area (TPSA) is 60.5 Å². The van der Waals surface area contributed by atoms with Crippen LogP contribution in [0.1, 0.15) is 25.0 Å². The van der Waals surface area contributed by atoms with E-state index < -0.39 is 0 Å². The van der Waals surface area contributed by atoms with E-state index >= 15 is 0 Å². The Bertz CT molecular complexity index is 960. The Labute approximate surface area is 175 Å². The second kappa shape index (κ2) is 9.94. The molecule has 3 aromatic rings. The van der Waals surface area contributed by atoms with E-state index in [1.807, 2.05) is 38.1 Å². The van der Waals surface area contributed by atoms with Crippen LogP contribution >= 0.6 is 11.6 Å². The van der Waals surface area contributed by atoms with E-state index in [9.17, 15) is 4.79 Å². The third kappa shape index (κ3) is 5.48. The molecule has 1 amide bonds. The lowest BCUT2D eigenvalue weighted by Gasteiger charge is -2.16. The molecule has 6 heteroatoms. The van der Waals surface area contributed by atoms with Crippen LogP contribution in [0.5, 0.6) is 17.4 Å². The molecular formula is C23H23ClN2O3. The van der Waals surface area contributed by atoms with Crippen LogP contribution < -0.4 is 14.8 Å². The van der Waals surface area contributed by atoms with Crippen molar-refractivity contribution in [2.75, 3.05) is 11.9 Å². The predicted octanol–water partition coefficient (Wildman–Crippen LogP) is 5.67. The first kappa shape index (κ1) is 20.7. The first-order chi connectivity index (χ1) is 14.1. The SMILES string of the molecule is CCc1ccc(Cl)c(CC)c1NC(=O)COc1ccc(Oc2ccccn2)cc1. The molecule has 0 bridgehead atoms. The van der Waals surface area contributed by atoms with Crippen molar-refractivity contribution in [2.45, 2.75) is 26.7 Å². The van der Waals surface area contributed by atoms with Gasteiger partial charge < -0.3 is 14.8 Å². The van der Waals surface area contributed by atoms with Gasteiger partial charge in [0.05, 0.1) is 0 Å². The second-order valence-corrected chi connectivity index (χ2v) is 6.75. The minimum absolute atomic E-state index is 0.0979. The third-order valence-electron chi connectivity index (χ3n) is 4.39. The van der Waals surface area contributed by atoms with Gasteiger partial charge in [-0.25, -0.2) is 4.98 Å². The maximum Gasteiger partial charge on any atom is 0.262 e. The number of pyridine rings is 1. The lowest BCUT2D eigenvalue weighted by Crippen LogP contribution is -2.22. The number of carbonyl (C=O) groups excluding carboxylic acids is 1. The molecular weight excluding hydrogens is 388 g/mol. The maximum absolute atomic E-state index is 12.4. The highest BCUT2D eigenvalue weighted by Crippen LogP contribution is 2.29. The predicted molar refractivity (Wildman–Crippen MR) is 115 cm³/mol. The van der Waals surface area contributed by atoms with Gasteiger partial charge in [0.2, 0.25) is 5.88 Å². The summed E-state index contributed by atoms with van der Waals surface area (Å²) in [5.41, 5.74) is 2.78. The van der Waals surface area contributed by atoms with E-state index in [0.717, 1.165) is 29.7 Å². The lowest BCUT2D eigenvalue weighted by atomic mass is 10.0. The van der Waals surface area contributed by atoms with E-state index in [1.165, 1.54) is 0 Å². The molecule has 1 N–H and O–H groups in total. The van der Waals surface area contributed by atoms with Crippen LogP contribution in [0.25, 0.3) is 0 Å². The highest BCUT2D eigenvalue weighted by atomic mass is 35.5. The van der Waals surface area contributed by atoms with Crippen LogP contribution in [0.15, 0.2) is 60.8 Å². The fourth-order valence-electron chi connectivity index (χ4n) is 2.92. The lowest BCUT2D eigenvalue weighted by molar-refractivity contribution is -0.118. The van der Waals surface area contributed by atoms with E-state index in [2.05, 4.69) is 10.3 Å². The standard InChI is InChI=1S/C23H23ClN2O3/c1-3-16-8-13-20(24)19(4-2)23(16)26-21(27)15-28-17-9-11-18(12-10-17)29-22-7-5-6-14-25-22/h5-14H,3-4,15H2,1-2H3,(H,26,27). The van der Waals surface area contributed by atoms with Gasteiger partial charge in [-0.15, -0.1) is 0 Å². The van der Waals surface area contributed by atoms with E-state index in [1.54, 1.807) is 36.5 Å². The van der Waals surface area contributed by atoms with Gasteiger partial charge in [-0.1, -0.05) is 37.6 Å². The van der Waals surface area contributed by atoms with Crippen LogP contribution in [0.4, 0.5) is 5.69 Å². The number of hydrogen-bond acceptors (Lipinski definition) is 4. The van der Waals surface area contributed by atoms with E-state index in [-0.39, 0.29) is 12.5 Å². The number of aryl methyl sites for hydroxylation is 1. The van der Waals surface area contributed by atoms with Crippen LogP contribution in [0.3, 0.4) is 0 Å². The summed E-state index contributed by atoms with van der Waals surface area (Å²) < 4.78 is 11.2. The summed E-state index contributed by atoms with van der Waals surface area (Å²) in [6, 6.07) is 16.3. The number of benzene rings is 2. The molecule has 0 saturated heterocycles. The van der Waals surface area contributed by atoms with Crippen LogP contribution in [-0.2, 0) is 17.6 Å². The molecule has 5 nitrogen and oxygen atoms in total. The zero-order chi connectivity index (χ0) is 20.6. The van der Waals surface area contributed by atoms with Gasteiger partial charge in [0.1, 0.15) is 11.5 Å². The Morgan fingerprint density at radius 3 is 2.41 bits per heavy atom. The average molecular weight is 411 g/mol. The summed E-state index contributed by atoms with van der Waals surface area (Å²) in [6.45, 7) is 3.96. The highest BCUT2D eigenvalue weighted by molar-refractivity contribution is 6.32. The third-order valence-corrected chi connectivity index (χ3v) is 4.75. The summed E-state index contributed by atoms with van der Waals surface area (Å²) in [5, 5.41) is 3.61. The Balaban J connectivity index is 1.59. The molecule has 0 aliphatic heterocycles. The Hall–Kier alpha value is -3.05. The Morgan fingerprint density at radius 1 is 1.00 bits per heavy atom. The smallest absolute Gasteiger partial charge is 0.262 e. The summed E-state index contributed by atoms with van der Waals surface area (Å²) in [6.07, 6.45) is 3.21. The average Bonchev–Trinajstić information content (AvgIpc) is 2.74. The minimum atomic E-state index is -0.231. The molecule has 150 valence electrons. The van der Waals surface area contributed by atoms with Crippen molar-refractivity contribution >= 4 is 23.2 Å². The first-order valence-electron chi connectivity index (χ1n) is 9.52. The molecule has 0 fully saturated rings. The largest absolute Gasteiger partial charge is 0.484 e. The maximum atomic E-state index is 12.4. The van der Waals surface area contributed by atoms with Crippen molar-refractivity contribution in [2.24, 2.45) is 0 Å². The van der Waals surface area contributed by atoms with Gasteiger partial charge in [0.15, 0.2) is 6.61 Å². The molecule has 0 spiro atoms. The minimum Gasteiger partial charge on any atom is -0.484 e. The molecule has 0 aliphatic carbocycles. The van der Waals surface area contributed by atoms with Crippen molar-refractivity contribution < 1.29 is 14.3 Å². The Kier molecular flexibility index (Phi) is 7.09. The number of carbonyl (C=O) groups is 1. The molecule has 0 atom stereocenters. The quantitative estimate of drug-likeness (QED) is 0.519. The Morgan fingerprint density at radius 2 is 1.76 bits per heavy atom. The molecule has 0 saturated carbocycles. The number of amides is 1. The first-order valence-corrected chi connectivity index (χ1v) is 9.90. The van der Waals surface area contributed by atoms with Crippen LogP contribution in [0, 0.1) is 0 Å². The van der Waals surface area contributed by atoms with Gasteiger partial charge in [-0.05, 0) is 60.4 Å². The number of rotatable bonds is 8. The number of anilines is 1. The second-order valence-electron chi connectivity index (χ2n) is 6.35.